The van der Waals surface area contributed by atoms with Crippen LogP contribution in [0.3, 0.4) is 0 Å². The van der Waals surface area contributed by atoms with Gasteiger partial charge in [0.1, 0.15) is 5.52 Å². The lowest BCUT2D eigenvalue weighted by atomic mass is 10.2. The topological polar surface area (TPSA) is 53.1 Å². The van der Waals surface area contributed by atoms with E-state index in [1.54, 1.807) is 0 Å². The maximum absolute atomic E-state index is 8.84. The first kappa shape index (κ1) is 11.6. The molecule has 0 N–H and O–H groups in total. The van der Waals surface area contributed by atoms with Crippen LogP contribution in [0.2, 0.25) is 0 Å². The standard InChI is InChI=1S/C13H15N3O/c1-9(7-14)16(3)8-11-4-5-12-13(6-11)17-10(2)15-12/h4-6,9H,8H2,1-3H3. The molecule has 2 aromatic rings. The van der Waals surface area contributed by atoms with Gasteiger partial charge in [-0.1, -0.05) is 6.07 Å². The first-order valence-electron chi connectivity index (χ1n) is 5.56. The molecule has 4 nitrogen and oxygen atoms in total. The first-order chi connectivity index (χ1) is 8.10. The molecule has 4 heteroatoms. The third-order valence-corrected chi connectivity index (χ3v) is 2.84. The number of aromatic nitrogens is 1. The van der Waals surface area contributed by atoms with Gasteiger partial charge in [-0.15, -0.1) is 0 Å². The largest absolute Gasteiger partial charge is 0.441 e. The molecule has 0 aliphatic rings. The molecule has 1 heterocycles. The summed E-state index contributed by atoms with van der Waals surface area (Å²) in [6.45, 7) is 4.45. The second-order valence-electron chi connectivity index (χ2n) is 4.26. The molecule has 0 fully saturated rings. The summed E-state index contributed by atoms with van der Waals surface area (Å²) in [4.78, 5) is 6.24. The van der Waals surface area contributed by atoms with Crippen LogP contribution in [0.4, 0.5) is 0 Å². The molecule has 17 heavy (non-hydrogen) atoms. The molecule has 88 valence electrons. The highest BCUT2D eigenvalue weighted by atomic mass is 16.3. The zero-order valence-electron chi connectivity index (χ0n) is 10.3. The van der Waals surface area contributed by atoms with Gasteiger partial charge >= 0.3 is 0 Å². The van der Waals surface area contributed by atoms with Gasteiger partial charge in [0.2, 0.25) is 0 Å². The Hall–Kier alpha value is -1.86. The Morgan fingerprint density at radius 3 is 3.00 bits per heavy atom. The van der Waals surface area contributed by atoms with Gasteiger partial charge < -0.3 is 4.42 Å². The molecule has 0 spiro atoms. The lowest BCUT2D eigenvalue weighted by Gasteiger charge is -2.18. The summed E-state index contributed by atoms with van der Waals surface area (Å²) < 4.78 is 5.48. The molecule has 0 aliphatic carbocycles. The summed E-state index contributed by atoms with van der Waals surface area (Å²) in [5, 5.41) is 8.84. The van der Waals surface area contributed by atoms with E-state index in [1.165, 1.54) is 0 Å². The van der Waals surface area contributed by atoms with Crippen molar-refractivity contribution >= 4 is 11.1 Å². The Labute approximate surface area is 100 Å². The van der Waals surface area contributed by atoms with Gasteiger partial charge in [-0.05, 0) is 31.7 Å². The van der Waals surface area contributed by atoms with Crippen molar-refractivity contribution in [2.45, 2.75) is 26.4 Å². The van der Waals surface area contributed by atoms with Crippen molar-refractivity contribution < 1.29 is 4.42 Å². The highest BCUT2D eigenvalue weighted by Crippen LogP contribution is 2.18. The Morgan fingerprint density at radius 2 is 2.29 bits per heavy atom. The zero-order valence-corrected chi connectivity index (χ0v) is 10.3. The van der Waals surface area contributed by atoms with E-state index in [9.17, 15) is 0 Å². The third kappa shape index (κ3) is 2.45. The number of hydrogen-bond donors (Lipinski definition) is 0. The van der Waals surface area contributed by atoms with Crippen LogP contribution in [0.25, 0.3) is 11.1 Å². The number of hydrogen-bond acceptors (Lipinski definition) is 4. The van der Waals surface area contributed by atoms with Crippen molar-refractivity contribution in [3.8, 4) is 6.07 Å². The van der Waals surface area contributed by atoms with Crippen LogP contribution in [0.15, 0.2) is 22.6 Å². The molecule has 0 radical (unpaired) electrons. The van der Waals surface area contributed by atoms with E-state index in [4.69, 9.17) is 9.68 Å². The summed E-state index contributed by atoms with van der Waals surface area (Å²) in [6, 6.07) is 8.07. The van der Waals surface area contributed by atoms with Gasteiger partial charge in [-0.2, -0.15) is 5.26 Å². The van der Waals surface area contributed by atoms with E-state index < -0.39 is 0 Å². The normalized spacial score (nSPS) is 12.9. The fourth-order valence-corrected chi connectivity index (χ4v) is 1.71. The van der Waals surface area contributed by atoms with Crippen LogP contribution < -0.4 is 0 Å². The molecule has 1 aromatic carbocycles. The Balaban J connectivity index is 2.22. The molecule has 0 bridgehead atoms. The molecule has 0 aliphatic heterocycles. The predicted octanol–water partition coefficient (Wildman–Crippen LogP) is 2.48. The van der Waals surface area contributed by atoms with Crippen LogP contribution in [-0.4, -0.2) is 23.0 Å². The van der Waals surface area contributed by atoms with Crippen molar-refractivity contribution in [1.82, 2.24) is 9.88 Å². The van der Waals surface area contributed by atoms with Crippen molar-refractivity contribution in [3.05, 3.63) is 29.7 Å². The summed E-state index contributed by atoms with van der Waals surface area (Å²) in [6.07, 6.45) is 0. The zero-order chi connectivity index (χ0) is 12.4. The number of aryl methyl sites for hydroxylation is 1. The fourth-order valence-electron chi connectivity index (χ4n) is 1.71. The first-order valence-corrected chi connectivity index (χ1v) is 5.56. The average Bonchev–Trinajstić information content (AvgIpc) is 2.67. The minimum Gasteiger partial charge on any atom is -0.441 e. The van der Waals surface area contributed by atoms with E-state index in [2.05, 4.69) is 11.1 Å². The average molecular weight is 229 g/mol. The minimum absolute atomic E-state index is 0.0952. The van der Waals surface area contributed by atoms with Crippen LogP contribution in [-0.2, 0) is 6.54 Å². The van der Waals surface area contributed by atoms with Crippen molar-refractivity contribution in [3.63, 3.8) is 0 Å². The Kier molecular flexibility index (Phi) is 3.12. The molecule has 1 atom stereocenters. The molecule has 1 aromatic heterocycles. The van der Waals surface area contributed by atoms with Crippen LogP contribution in [0, 0.1) is 18.3 Å². The van der Waals surface area contributed by atoms with Crippen molar-refractivity contribution in [1.29, 1.82) is 5.26 Å². The second kappa shape index (κ2) is 4.56. The SMILES string of the molecule is Cc1nc2ccc(CN(C)C(C)C#N)cc2o1. The number of fused-ring (bicyclic) bond motifs is 1. The van der Waals surface area contributed by atoms with Gasteiger partial charge in [-0.3, -0.25) is 4.90 Å². The van der Waals surface area contributed by atoms with Crippen molar-refractivity contribution in [2.24, 2.45) is 0 Å². The summed E-state index contributed by atoms with van der Waals surface area (Å²) in [5.74, 6) is 0.677. The van der Waals surface area contributed by atoms with Crippen LogP contribution in [0.1, 0.15) is 18.4 Å². The van der Waals surface area contributed by atoms with E-state index in [0.29, 0.717) is 5.89 Å². The smallest absolute Gasteiger partial charge is 0.192 e. The van der Waals surface area contributed by atoms with E-state index in [0.717, 1.165) is 23.2 Å². The van der Waals surface area contributed by atoms with Crippen LogP contribution >= 0.6 is 0 Å². The second-order valence-corrected chi connectivity index (χ2v) is 4.26. The van der Waals surface area contributed by atoms with Gasteiger partial charge in [0.05, 0.1) is 12.1 Å². The fraction of sp³-hybridized carbons (Fsp3) is 0.385. The predicted molar refractivity (Wildman–Crippen MR) is 65.3 cm³/mol. The third-order valence-electron chi connectivity index (χ3n) is 2.84. The van der Waals surface area contributed by atoms with Gasteiger partial charge in [0, 0.05) is 13.5 Å². The van der Waals surface area contributed by atoms with Gasteiger partial charge in [0.15, 0.2) is 11.5 Å². The molecule has 0 amide bonds. The molecular formula is C13H15N3O. The maximum Gasteiger partial charge on any atom is 0.192 e. The van der Waals surface area contributed by atoms with E-state index in [-0.39, 0.29) is 6.04 Å². The number of rotatable bonds is 3. The van der Waals surface area contributed by atoms with E-state index >= 15 is 0 Å². The lowest BCUT2D eigenvalue weighted by molar-refractivity contribution is 0.294. The number of oxazole rings is 1. The summed E-state index contributed by atoms with van der Waals surface area (Å²) in [7, 11) is 1.93. The minimum atomic E-state index is -0.0952. The van der Waals surface area contributed by atoms with Gasteiger partial charge in [-0.25, -0.2) is 4.98 Å². The summed E-state index contributed by atoms with van der Waals surface area (Å²) >= 11 is 0. The molecular weight excluding hydrogens is 214 g/mol. The lowest BCUT2D eigenvalue weighted by Crippen LogP contribution is -2.26. The number of nitriles is 1. The monoisotopic (exact) mass is 229 g/mol. The molecule has 0 saturated heterocycles. The van der Waals surface area contributed by atoms with Gasteiger partial charge in [0.25, 0.3) is 0 Å². The number of nitrogens with zero attached hydrogens (tertiary/aromatic N) is 3. The maximum atomic E-state index is 8.84. The van der Waals surface area contributed by atoms with E-state index in [1.807, 2.05) is 44.0 Å². The molecule has 1 unspecified atom stereocenters. The molecule has 0 saturated carbocycles. The quantitative estimate of drug-likeness (QED) is 0.811. The Bertz CT molecular complexity index is 568. The number of benzene rings is 1. The van der Waals surface area contributed by atoms with Crippen molar-refractivity contribution in [2.75, 3.05) is 7.05 Å². The highest BCUT2D eigenvalue weighted by molar-refractivity contribution is 5.73. The molecule has 2 rings (SSSR count). The van der Waals surface area contributed by atoms with Crippen LogP contribution in [0.5, 0.6) is 0 Å². The Morgan fingerprint density at radius 1 is 1.53 bits per heavy atom. The summed E-state index contributed by atoms with van der Waals surface area (Å²) in [5.41, 5.74) is 2.80. The highest BCUT2D eigenvalue weighted by Gasteiger charge is 2.09.